The molecular formula is C47H77NO14. The number of carbonyl (C=O) groups is 1. The van der Waals surface area contributed by atoms with Gasteiger partial charge in [-0.05, 0) is 28.7 Å². The van der Waals surface area contributed by atoms with Crippen molar-refractivity contribution < 1.29 is 66.4 Å². The minimum Gasteiger partial charge on any atom is -0.449 e. The van der Waals surface area contributed by atoms with Crippen LogP contribution in [0.5, 0.6) is 0 Å². The summed E-state index contributed by atoms with van der Waals surface area (Å²) in [6.45, 7) is 15.2. The molecule has 2 aromatic carbocycles. The molecule has 0 heterocycles. The summed E-state index contributed by atoms with van der Waals surface area (Å²) in [6, 6.07) is 16.5. The van der Waals surface area contributed by atoms with Gasteiger partial charge in [-0.25, -0.2) is 4.79 Å². The Morgan fingerprint density at radius 1 is 0.403 bits per heavy atom. The molecule has 0 saturated carbocycles. The van der Waals surface area contributed by atoms with E-state index < -0.39 is 6.09 Å². The average Bonchev–Trinajstić information content (AvgIpc) is 3.61. The average molecular weight is 880 g/mol. The summed E-state index contributed by atoms with van der Waals surface area (Å²) in [4.78, 5) is 12.3. The van der Waals surface area contributed by atoms with E-state index in [-0.39, 0.29) is 12.5 Å². The summed E-state index contributed by atoms with van der Waals surface area (Å²) >= 11 is 0. The Balaban J connectivity index is 0.911. The molecule has 354 valence electrons. The van der Waals surface area contributed by atoms with Crippen LogP contribution >= 0.6 is 0 Å². The maximum Gasteiger partial charge on any atom is 0.407 e. The van der Waals surface area contributed by atoms with Crippen LogP contribution in [0, 0.1) is 0 Å². The summed E-state index contributed by atoms with van der Waals surface area (Å²) < 4.78 is 71.9. The number of hydrogen-bond donors (Lipinski definition) is 1. The molecule has 1 aliphatic carbocycles. The largest absolute Gasteiger partial charge is 0.449 e. The number of fused-ring (bicyclic) bond motifs is 3. The second-order valence-electron chi connectivity index (χ2n) is 14.4. The number of nitrogens with one attached hydrogen (secondary N) is 1. The third-order valence-corrected chi connectivity index (χ3v) is 9.59. The third-order valence-electron chi connectivity index (χ3n) is 9.59. The van der Waals surface area contributed by atoms with Gasteiger partial charge >= 0.3 is 6.09 Å². The van der Waals surface area contributed by atoms with Gasteiger partial charge in [0.25, 0.3) is 0 Å². The first-order valence-electron chi connectivity index (χ1n) is 22.8. The summed E-state index contributed by atoms with van der Waals surface area (Å²) in [5, 5.41) is 2.75. The molecule has 1 N–H and O–H groups in total. The zero-order valence-corrected chi connectivity index (χ0v) is 37.5. The molecule has 1 aliphatic rings. The molecule has 2 aromatic rings. The van der Waals surface area contributed by atoms with E-state index in [1.54, 1.807) is 0 Å². The van der Waals surface area contributed by atoms with Crippen LogP contribution in [0.2, 0.25) is 0 Å². The normalized spacial score (nSPS) is 12.2. The molecule has 0 spiro atoms. The van der Waals surface area contributed by atoms with Gasteiger partial charge < -0.3 is 66.9 Å². The second kappa shape index (κ2) is 39.8. The van der Waals surface area contributed by atoms with E-state index in [0.717, 1.165) is 13.0 Å². The minimum atomic E-state index is -0.452. The van der Waals surface area contributed by atoms with Gasteiger partial charge in [0.15, 0.2) is 0 Å². The molecule has 0 bridgehead atoms. The lowest BCUT2D eigenvalue weighted by Gasteiger charge is -2.14. The predicted octanol–water partition coefficient (Wildman–Crippen LogP) is 6.08. The molecule has 0 saturated heterocycles. The molecule has 0 fully saturated rings. The van der Waals surface area contributed by atoms with Gasteiger partial charge in [0, 0.05) is 19.1 Å². The number of amides is 1. The molecular weight excluding hydrogens is 803 g/mol. The lowest BCUT2D eigenvalue weighted by Crippen LogP contribution is -2.29. The highest BCUT2D eigenvalue weighted by atomic mass is 16.6. The Kier molecular flexibility index (Phi) is 34.4. The highest BCUT2D eigenvalue weighted by molar-refractivity contribution is 5.79. The van der Waals surface area contributed by atoms with Crippen LogP contribution in [-0.2, 0) is 61.6 Å². The van der Waals surface area contributed by atoms with Crippen molar-refractivity contribution in [1.29, 1.82) is 0 Å². The van der Waals surface area contributed by atoms with Gasteiger partial charge in [0.2, 0.25) is 0 Å². The predicted molar refractivity (Wildman–Crippen MR) is 236 cm³/mol. The first-order valence-corrected chi connectivity index (χ1v) is 22.8. The molecule has 15 nitrogen and oxygen atoms in total. The van der Waals surface area contributed by atoms with Crippen molar-refractivity contribution >= 4 is 6.09 Å². The number of alkyl carbamates (subject to hydrolysis) is 1. The fourth-order valence-corrected chi connectivity index (χ4v) is 6.38. The van der Waals surface area contributed by atoms with Crippen molar-refractivity contribution in [1.82, 2.24) is 5.32 Å². The van der Waals surface area contributed by atoms with Crippen molar-refractivity contribution in [3.8, 4) is 11.1 Å². The second-order valence-corrected chi connectivity index (χ2v) is 14.4. The summed E-state index contributed by atoms with van der Waals surface area (Å²) in [5.41, 5.74) is 4.77. The molecule has 1 amide bonds. The summed E-state index contributed by atoms with van der Waals surface area (Å²) in [7, 11) is 0. The number of ether oxygens (including phenoxy) is 13. The summed E-state index contributed by atoms with van der Waals surface area (Å²) in [6.07, 6.45) is 7.20. The van der Waals surface area contributed by atoms with E-state index in [1.165, 1.54) is 54.4 Å². The van der Waals surface area contributed by atoms with Gasteiger partial charge in [0.05, 0.1) is 152 Å². The van der Waals surface area contributed by atoms with Crippen LogP contribution < -0.4 is 5.32 Å². The molecule has 0 radical (unpaired) electrons. The quantitative estimate of drug-likeness (QED) is 0.0766. The van der Waals surface area contributed by atoms with Crippen molar-refractivity contribution in [2.45, 2.75) is 51.4 Å². The van der Waals surface area contributed by atoms with Crippen LogP contribution in [0.4, 0.5) is 4.79 Å². The maximum absolute atomic E-state index is 12.3. The van der Waals surface area contributed by atoms with Gasteiger partial charge in [-0.2, -0.15) is 0 Å². The number of carbonyl (C=O) groups excluding carboxylic acids is 1. The molecule has 0 aromatic heterocycles. The van der Waals surface area contributed by atoms with Gasteiger partial charge in [0.1, 0.15) is 6.61 Å². The number of rotatable bonds is 45. The minimum absolute atomic E-state index is 0.0356. The number of benzene rings is 2. The van der Waals surface area contributed by atoms with Crippen LogP contribution in [-0.4, -0.2) is 178 Å². The molecule has 0 aliphatic heterocycles. The van der Waals surface area contributed by atoms with E-state index in [4.69, 9.17) is 61.6 Å². The van der Waals surface area contributed by atoms with E-state index in [2.05, 4.69) is 36.5 Å². The van der Waals surface area contributed by atoms with Crippen molar-refractivity contribution in [2.24, 2.45) is 0 Å². The maximum atomic E-state index is 12.3. The lowest BCUT2D eigenvalue weighted by atomic mass is 9.98. The van der Waals surface area contributed by atoms with E-state index >= 15 is 0 Å². The van der Waals surface area contributed by atoms with Gasteiger partial charge in [-0.15, -0.1) is 0 Å². The van der Waals surface area contributed by atoms with Crippen LogP contribution in [0.3, 0.4) is 0 Å². The van der Waals surface area contributed by atoms with Gasteiger partial charge in [-0.1, -0.05) is 87.6 Å². The smallest absolute Gasteiger partial charge is 0.407 e. The first kappa shape index (κ1) is 53.6. The fourth-order valence-electron chi connectivity index (χ4n) is 6.38. The third kappa shape index (κ3) is 27.4. The Bertz CT molecular complexity index is 1280. The Hall–Kier alpha value is -2.77. The molecule has 62 heavy (non-hydrogen) atoms. The Morgan fingerprint density at radius 2 is 0.710 bits per heavy atom. The molecule has 0 unspecified atom stereocenters. The van der Waals surface area contributed by atoms with Crippen molar-refractivity contribution in [3.63, 3.8) is 0 Å². The molecule has 3 rings (SSSR count). The van der Waals surface area contributed by atoms with Crippen molar-refractivity contribution in [2.75, 3.05) is 172 Å². The highest BCUT2D eigenvalue weighted by Gasteiger charge is 2.29. The van der Waals surface area contributed by atoms with E-state index in [1.807, 2.05) is 24.3 Å². The Morgan fingerprint density at radius 3 is 1.08 bits per heavy atom. The van der Waals surface area contributed by atoms with Crippen LogP contribution in [0.15, 0.2) is 48.5 Å². The topological polar surface area (TPSA) is 149 Å². The lowest BCUT2D eigenvalue weighted by molar-refractivity contribution is -0.0283. The van der Waals surface area contributed by atoms with Gasteiger partial charge in [-0.3, -0.25) is 0 Å². The van der Waals surface area contributed by atoms with E-state index in [0.29, 0.717) is 159 Å². The number of hydrogen-bond acceptors (Lipinski definition) is 14. The fraction of sp³-hybridized carbons (Fsp3) is 0.723. The molecule has 0 atom stereocenters. The standard InChI is InChI=1S/C47H77NO14/c1-2-3-4-5-6-11-17-50-19-21-52-23-25-54-27-29-56-31-33-58-35-37-60-39-40-61-38-36-59-34-32-57-30-28-55-26-24-53-22-20-51-18-16-48-47(49)62-41-46-44-14-9-7-12-42(44)43-13-8-10-15-45(43)46/h7-10,12-15,46H,2-6,11,16-41H2,1H3,(H,48,49). The zero-order chi connectivity index (χ0) is 43.6. The first-order chi connectivity index (χ1) is 30.8. The SMILES string of the molecule is CCCCCCCCOCCOCCOCCOCCOCCOCCOCCOCCOCCOCCOCCOCCNC(=O)OCC1c2ccccc2-c2ccccc21. The number of unbranched alkanes of at least 4 members (excludes halogenated alkanes) is 5. The molecule has 15 heteroatoms. The van der Waals surface area contributed by atoms with Crippen molar-refractivity contribution in [3.05, 3.63) is 59.7 Å². The Labute approximate surface area is 370 Å². The van der Waals surface area contributed by atoms with Crippen LogP contribution in [0.1, 0.15) is 62.5 Å². The van der Waals surface area contributed by atoms with E-state index in [9.17, 15) is 4.79 Å². The zero-order valence-electron chi connectivity index (χ0n) is 37.5. The highest BCUT2D eigenvalue weighted by Crippen LogP contribution is 2.44. The van der Waals surface area contributed by atoms with Crippen LogP contribution in [0.25, 0.3) is 11.1 Å². The summed E-state index contributed by atoms with van der Waals surface area (Å²) in [5.74, 6) is 0.0356. The monoisotopic (exact) mass is 880 g/mol.